The van der Waals surface area contributed by atoms with E-state index in [-0.39, 0.29) is 11.1 Å². The maximum atomic E-state index is 11.7. The van der Waals surface area contributed by atoms with E-state index in [2.05, 4.69) is 25.2 Å². The number of carbonyl (C=O) groups excluding carboxylic acids is 2. The molecular weight excluding hydrogens is 374 g/mol. The molecule has 1 heterocycles. The molecule has 5 nitrogen and oxygen atoms in total. The normalized spacial score (nSPS) is 16.1. The number of rotatable bonds is 8. The number of imide groups is 1. The Kier molecular flexibility index (Phi) is 6.76. The van der Waals surface area contributed by atoms with E-state index < -0.39 is 0 Å². The number of ether oxygens (including phenoxy) is 2. The van der Waals surface area contributed by atoms with Crippen molar-refractivity contribution in [2.75, 3.05) is 13.2 Å². The zero-order valence-corrected chi connectivity index (χ0v) is 16.8. The monoisotopic (exact) mass is 397 g/mol. The number of hydrogen-bond acceptors (Lipinski definition) is 5. The van der Waals surface area contributed by atoms with Crippen molar-refractivity contribution in [2.24, 2.45) is 0 Å². The predicted octanol–water partition coefficient (Wildman–Crippen LogP) is 4.98. The number of thioether (sulfide) groups is 1. The Morgan fingerprint density at radius 3 is 2.32 bits per heavy atom. The molecular formula is C22H23NO4S. The molecule has 1 N–H and O–H groups in total. The molecule has 3 rings (SSSR count). The van der Waals surface area contributed by atoms with Gasteiger partial charge in [0.05, 0.1) is 4.91 Å². The molecule has 0 aromatic heterocycles. The third kappa shape index (κ3) is 4.95. The lowest BCUT2D eigenvalue weighted by Gasteiger charge is -2.16. The van der Waals surface area contributed by atoms with Gasteiger partial charge in [0, 0.05) is 5.56 Å². The summed E-state index contributed by atoms with van der Waals surface area (Å²) in [6.07, 6.45) is 2.71. The van der Waals surface area contributed by atoms with Gasteiger partial charge in [0.15, 0.2) is 0 Å². The van der Waals surface area contributed by atoms with Gasteiger partial charge in [-0.1, -0.05) is 50.2 Å². The summed E-state index contributed by atoms with van der Waals surface area (Å²) >= 11 is 0.890. The molecule has 2 amide bonds. The quantitative estimate of drug-likeness (QED) is 0.503. The van der Waals surface area contributed by atoms with Crippen molar-refractivity contribution in [3.05, 3.63) is 64.6 Å². The standard InChI is InChI=1S/C22H23NO4S/c1-3-15(2)17-9-5-7-11-19(17)27-13-12-26-18-10-6-4-8-16(18)14-20-21(24)23-22(25)28-20/h4-11,14-15H,3,12-13H2,1-2H3,(H,23,24,25)/b20-14-/t15-/m1/s1. The summed E-state index contributed by atoms with van der Waals surface area (Å²) in [6, 6.07) is 15.5. The van der Waals surface area contributed by atoms with Gasteiger partial charge < -0.3 is 9.47 Å². The predicted molar refractivity (Wildman–Crippen MR) is 112 cm³/mol. The van der Waals surface area contributed by atoms with Crippen LogP contribution in [0.1, 0.15) is 37.3 Å². The minimum absolute atomic E-state index is 0.358. The van der Waals surface area contributed by atoms with Crippen molar-refractivity contribution < 1.29 is 19.1 Å². The molecule has 0 unspecified atom stereocenters. The van der Waals surface area contributed by atoms with Gasteiger partial charge in [0.2, 0.25) is 0 Å². The second kappa shape index (κ2) is 9.46. The first-order chi connectivity index (χ1) is 13.6. The van der Waals surface area contributed by atoms with Gasteiger partial charge in [-0.2, -0.15) is 0 Å². The van der Waals surface area contributed by atoms with Crippen LogP contribution in [0.15, 0.2) is 53.4 Å². The van der Waals surface area contributed by atoms with Gasteiger partial charge in [-0.05, 0) is 47.9 Å². The van der Waals surface area contributed by atoms with Crippen LogP contribution in [-0.4, -0.2) is 24.4 Å². The minimum atomic E-state index is -0.380. The second-order valence-corrected chi connectivity index (χ2v) is 7.45. The first-order valence-electron chi connectivity index (χ1n) is 9.27. The third-order valence-corrected chi connectivity index (χ3v) is 5.32. The van der Waals surface area contributed by atoms with Crippen LogP contribution in [0.4, 0.5) is 4.79 Å². The zero-order chi connectivity index (χ0) is 19.9. The van der Waals surface area contributed by atoms with E-state index in [1.807, 2.05) is 42.5 Å². The Bertz CT molecular complexity index is 894. The summed E-state index contributed by atoms with van der Waals surface area (Å²) in [5.74, 6) is 1.58. The van der Waals surface area contributed by atoms with Crippen molar-refractivity contribution in [3.63, 3.8) is 0 Å². The highest BCUT2D eigenvalue weighted by molar-refractivity contribution is 8.18. The fourth-order valence-corrected chi connectivity index (χ4v) is 3.51. The maximum Gasteiger partial charge on any atom is 0.290 e. The Hall–Kier alpha value is -2.73. The first-order valence-corrected chi connectivity index (χ1v) is 10.1. The molecule has 1 fully saturated rings. The summed E-state index contributed by atoms with van der Waals surface area (Å²) < 4.78 is 11.8. The first kappa shape index (κ1) is 20.0. The van der Waals surface area contributed by atoms with E-state index in [9.17, 15) is 9.59 Å². The van der Waals surface area contributed by atoms with Crippen LogP contribution in [-0.2, 0) is 4.79 Å². The molecule has 0 aliphatic carbocycles. The highest BCUT2D eigenvalue weighted by atomic mass is 32.2. The highest BCUT2D eigenvalue weighted by Gasteiger charge is 2.25. The number of nitrogens with one attached hydrogen (secondary N) is 1. The van der Waals surface area contributed by atoms with E-state index in [0.29, 0.717) is 29.8 Å². The van der Waals surface area contributed by atoms with Crippen LogP contribution < -0.4 is 14.8 Å². The van der Waals surface area contributed by atoms with Crippen LogP contribution in [0.5, 0.6) is 11.5 Å². The molecule has 28 heavy (non-hydrogen) atoms. The molecule has 146 valence electrons. The third-order valence-electron chi connectivity index (χ3n) is 4.51. The lowest BCUT2D eigenvalue weighted by Crippen LogP contribution is -2.17. The summed E-state index contributed by atoms with van der Waals surface area (Å²) in [4.78, 5) is 23.4. The molecule has 0 spiro atoms. The topological polar surface area (TPSA) is 64.6 Å². The van der Waals surface area contributed by atoms with E-state index in [1.54, 1.807) is 6.08 Å². The number of amides is 2. The molecule has 2 aromatic rings. The largest absolute Gasteiger partial charge is 0.490 e. The fourth-order valence-electron chi connectivity index (χ4n) is 2.84. The van der Waals surface area contributed by atoms with Crippen LogP contribution in [0.3, 0.4) is 0 Å². The Labute approximate surface area is 169 Å². The molecule has 0 saturated carbocycles. The van der Waals surface area contributed by atoms with Gasteiger partial charge in [-0.25, -0.2) is 0 Å². The van der Waals surface area contributed by atoms with Crippen molar-refractivity contribution in [1.82, 2.24) is 5.32 Å². The zero-order valence-electron chi connectivity index (χ0n) is 15.9. The molecule has 1 saturated heterocycles. The van der Waals surface area contributed by atoms with Gasteiger partial charge >= 0.3 is 0 Å². The average Bonchev–Trinajstić information content (AvgIpc) is 3.03. The summed E-state index contributed by atoms with van der Waals surface area (Å²) in [7, 11) is 0. The Morgan fingerprint density at radius 2 is 1.64 bits per heavy atom. The molecule has 0 radical (unpaired) electrons. The number of hydrogen-bond donors (Lipinski definition) is 1. The van der Waals surface area contributed by atoms with Gasteiger partial charge in [-0.3, -0.25) is 14.9 Å². The van der Waals surface area contributed by atoms with Crippen LogP contribution in [0.2, 0.25) is 0 Å². The smallest absolute Gasteiger partial charge is 0.290 e. The molecule has 0 bridgehead atoms. The Balaban J connectivity index is 1.62. The average molecular weight is 397 g/mol. The van der Waals surface area contributed by atoms with Crippen LogP contribution in [0.25, 0.3) is 6.08 Å². The van der Waals surface area contributed by atoms with E-state index in [4.69, 9.17) is 9.47 Å². The summed E-state index contributed by atoms with van der Waals surface area (Å²) in [6.45, 7) is 5.12. The Morgan fingerprint density at radius 1 is 1.00 bits per heavy atom. The molecule has 6 heteroatoms. The highest BCUT2D eigenvalue weighted by Crippen LogP contribution is 2.30. The number of benzene rings is 2. The fraction of sp³-hybridized carbons (Fsp3) is 0.273. The van der Waals surface area contributed by atoms with Crippen LogP contribution >= 0.6 is 11.8 Å². The van der Waals surface area contributed by atoms with Crippen molar-refractivity contribution in [3.8, 4) is 11.5 Å². The second-order valence-electron chi connectivity index (χ2n) is 6.43. The summed E-state index contributed by atoms with van der Waals surface area (Å²) in [5.41, 5.74) is 1.94. The lowest BCUT2D eigenvalue weighted by atomic mass is 9.98. The minimum Gasteiger partial charge on any atom is -0.490 e. The maximum absolute atomic E-state index is 11.7. The van der Waals surface area contributed by atoms with Gasteiger partial charge in [-0.15, -0.1) is 0 Å². The number of para-hydroxylation sites is 2. The molecule has 2 aromatic carbocycles. The van der Waals surface area contributed by atoms with Gasteiger partial charge in [0.25, 0.3) is 11.1 Å². The van der Waals surface area contributed by atoms with Crippen molar-refractivity contribution >= 4 is 29.0 Å². The molecule has 1 aliphatic rings. The van der Waals surface area contributed by atoms with E-state index >= 15 is 0 Å². The molecule has 1 atom stereocenters. The molecule has 1 aliphatic heterocycles. The number of carbonyl (C=O) groups is 2. The van der Waals surface area contributed by atoms with Gasteiger partial charge in [0.1, 0.15) is 24.7 Å². The van der Waals surface area contributed by atoms with Crippen molar-refractivity contribution in [1.29, 1.82) is 0 Å². The van der Waals surface area contributed by atoms with E-state index in [1.165, 1.54) is 5.56 Å². The van der Waals surface area contributed by atoms with Crippen LogP contribution in [0, 0.1) is 0 Å². The van der Waals surface area contributed by atoms with Crippen molar-refractivity contribution in [2.45, 2.75) is 26.2 Å². The lowest BCUT2D eigenvalue weighted by molar-refractivity contribution is -0.115. The SMILES string of the molecule is CC[C@@H](C)c1ccccc1OCCOc1ccccc1/C=C1\SC(=O)NC1=O. The summed E-state index contributed by atoms with van der Waals surface area (Å²) in [5, 5.41) is 1.89. The van der Waals surface area contributed by atoms with E-state index in [0.717, 1.165) is 29.5 Å².